The van der Waals surface area contributed by atoms with E-state index in [1.807, 2.05) is 0 Å². The molecule has 0 aromatic heterocycles. The molecule has 0 amide bonds. The molecule has 2 aliphatic rings. The lowest BCUT2D eigenvalue weighted by atomic mass is 9.87. The van der Waals surface area contributed by atoms with Crippen molar-refractivity contribution in [3.63, 3.8) is 0 Å². The topological polar surface area (TPSA) is 49.8 Å². The third-order valence-corrected chi connectivity index (χ3v) is 3.54. The second-order valence-electron chi connectivity index (χ2n) is 4.32. The number of carbonyl (C=O) groups is 1. The fourth-order valence-corrected chi connectivity index (χ4v) is 2.29. The van der Waals surface area contributed by atoms with Gasteiger partial charge < -0.3 is 9.84 Å². The third-order valence-electron chi connectivity index (χ3n) is 3.54. The Morgan fingerprint density at radius 1 is 1.64 bits per heavy atom. The monoisotopic (exact) mass is 199 g/mol. The zero-order chi connectivity index (χ0) is 10.2. The second kappa shape index (κ2) is 3.51. The highest BCUT2D eigenvalue weighted by Crippen LogP contribution is 2.33. The molecule has 1 unspecified atom stereocenters. The molecule has 0 aromatic carbocycles. The highest BCUT2D eigenvalue weighted by Gasteiger charge is 2.51. The summed E-state index contributed by atoms with van der Waals surface area (Å²) in [7, 11) is 0. The Bertz CT molecular complexity index is 230. The van der Waals surface area contributed by atoms with Crippen LogP contribution in [0.1, 0.15) is 19.8 Å². The molecule has 2 aliphatic heterocycles. The van der Waals surface area contributed by atoms with Gasteiger partial charge in [-0.1, -0.05) is 13.3 Å². The molecule has 2 heterocycles. The Hall–Kier alpha value is -0.610. The van der Waals surface area contributed by atoms with Crippen LogP contribution in [0.15, 0.2) is 0 Å². The Labute approximate surface area is 83.8 Å². The minimum Gasteiger partial charge on any atom is -0.480 e. The van der Waals surface area contributed by atoms with E-state index in [-0.39, 0.29) is 0 Å². The second-order valence-corrected chi connectivity index (χ2v) is 4.32. The van der Waals surface area contributed by atoms with Crippen molar-refractivity contribution in [1.29, 1.82) is 0 Å². The van der Waals surface area contributed by atoms with Crippen molar-refractivity contribution in [2.75, 3.05) is 26.3 Å². The summed E-state index contributed by atoms with van der Waals surface area (Å²) < 4.78 is 5.22. The lowest BCUT2D eigenvalue weighted by Crippen LogP contribution is -2.63. The van der Waals surface area contributed by atoms with Gasteiger partial charge in [0.2, 0.25) is 0 Å². The maximum Gasteiger partial charge on any atom is 0.326 e. The van der Waals surface area contributed by atoms with Crippen molar-refractivity contribution >= 4 is 5.97 Å². The fraction of sp³-hybridized carbons (Fsp3) is 0.900. The molecular weight excluding hydrogens is 182 g/mol. The van der Waals surface area contributed by atoms with E-state index in [1.165, 1.54) is 0 Å². The summed E-state index contributed by atoms with van der Waals surface area (Å²) in [5.74, 6) is -0.0311. The van der Waals surface area contributed by atoms with Crippen LogP contribution >= 0.6 is 0 Å². The summed E-state index contributed by atoms with van der Waals surface area (Å²) in [6, 6.07) is 0. The van der Waals surface area contributed by atoms with Crippen molar-refractivity contribution in [2.24, 2.45) is 5.92 Å². The van der Waals surface area contributed by atoms with Gasteiger partial charge in [-0.25, -0.2) is 0 Å². The van der Waals surface area contributed by atoms with Crippen LogP contribution in [0, 0.1) is 5.92 Å². The zero-order valence-electron chi connectivity index (χ0n) is 8.53. The zero-order valence-corrected chi connectivity index (χ0v) is 8.53. The first-order valence-corrected chi connectivity index (χ1v) is 5.25. The van der Waals surface area contributed by atoms with Crippen LogP contribution in [0.4, 0.5) is 0 Å². The lowest BCUT2D eigenvalue weighted by molar-refractivity contribution is -0.157. The first-order chi connectivity index (χ1) is 6.69. The number of ether oxygens (including phenoxy) is 1. The minimum atomic E-state index is -0.718. The molecule has 80 valence electrons. The van der Waals surface area contributed by atoms with E-state index < -0.39 is 11.5 Å². The molecule has 0 spiro atoms. The Kier molecular flexibility index (Phi) is 2.49. The van der Waals surface area contributed by atoms with E-state index in [0.29, 0.717) is 25.6 Å². The first kappa shape index (κ1) is 9.93. The van der Waals surface area contributed by atoms with Gasteiger partial charge in [-0.05, 0) is 5.92 Å². The number of carboxylic acids is 1. The van der Waals surface area contributed by atoms with E-state index in [4.69, 9.17) is 4.74 Å². The van der Waals surface area contributed by atoms with Gasteiger partial charge in [0, 0.05) is 26.1 Å². The highest BCUT2D eigenvalue weighted by molar-refractivity contribution is 5.79. The van der Waals surface area contributed by atoms with Gasteiger partial charge in [-0.15, -0.1) is 0 Å². The maximum atomic E-state index is 11.2. The summed E-state index contributed by atoms with van der Waals surface area (Å²) in [5, 5.41) is 9.24. The molecule has 2 fully saturated rings. The molecule has 0 bridgehead atoms. The van der Waals surface area contributed by atoms with Gasteiger partial charge >= 0.3 is 5.97 Å². The smallest absolute Gasteiger partial charge is 0.326 e. The molecule has 0 saturated carbocycles. The van der Waals surface area contributed by atoms with Crippen LogP contribution in [0.3, 0.4) is 0 Å². The predicted molar refractivity (Wildman–Crippen MR) is 51.2 cm³/mol. The number of nitrogens with zero attached hydrogens (tertiary/aromatic N) is 1. The highest BCUT2D eigenvalue weighted by atomic mass is 16.5. The van der Waals surface area contributed by atoms with Crippen molar-refractivity contribution in [3.05, 3.63) is 0 Å². The summed E-state index contributed by atoms with van der Waals surface area (Å²) in [5.41, 5.74) is -0.703. The van der Waals surface area contributed by atoms with Gasteiger partial charge in [-0.3, -0.25) is 9.69 Å². The quantitative estimate of drug-likeness (QED) is 0.722. The first-order valence-electron chi connectivity index (χ1n) is 5.25. The van der Waals surface area contributed by atoms with Crippen LogP contribution in [0.5, 0.6) is 0 Å². The molecule has 0 aliphatic carbocycles. The molecule has 2 rings (SSSR count). The molecule has 14 heavy (non-hydrogen) atoms. The van der Waals surface area contributed by atoms with Gasteiger partial charge in [0.1, 0.15) is 5.54 Å². The van der Waals surface area contributed by atoms with E-state index in [0.717, 1.165) is 19.5 Å². The normalized spacial score (nSPS) is 34.4. The van der Waals surface area contributed by atoms with Gasteiger partial charge in [0.05, 0.1) is 6.61 Å². The van der Waals surface area contributed by atoms with Crippen LogP contribution in [-0.4, -0.2) is 47.8 Å². The molecule has 4 heteroatoms. The van der Waals surface area contributed by atoms with E-state index in [9.17, 15) is 9.90 Å². The molecule has 4 nitrogen and oxygen atoms in total. The largest absolute Gasteiger partial charge is 0.480 e. The van der Waals surface area contributed by atoms with Gasteiger partial charge in [0.25, 0.3) is 0 Å². The lowest BCUT2D eigenvalue weighted by Gasteiger charge is -2.47. The Morgan fingerprint density at radius 3 is 2.79 bits per heavy atom. The molecule has 1 N–H and O–H groups in total. The maximum absolute atomic E-state index is 11.2. The fourth-order valence-electron chi connectivity index (χ4n) is 2.29. The Balaban J connectivity index is 2.02. The van der Waals surface area contributed by atoms with E-state index in [1.54, 1.807) is 0 Å². The average Bonchev–Trinajstić information content (AvgIpc) is 2.52. The van der Waals surface area contributed by atoms with E-state index in [2.05, 4.69) is 11.8 Å². The Morgan fingerprint density at radius 2 is 2.36 bits per heavy atom. The van der Waals surface area contributed by atoms with Crippen LogP contribution < -0.4 is 0 Å². The standard InChI is InChI=1S/C10H17NO3/c1-2-8-5-11(6-8)10(9(12)13)3-4-14-7-10/h8H,2-7H2,1H3,(H,12,13). The molecule has 2 saturated heterocycles. The van der Waals surface area contributed by atoms with Crippen molar-refractivity contribution < 1.29 is 14.6 Å². The van der Waals surface area contributed by atoms with Crippen molar-refractivity contribution in [2.45, 2.75) is 25.3 Å². The summed E-state index contributed by atoms with van der Waals surface area (Å²) in [6.07, 6.45) is 1.78. The molecule has 0 radical (unpaired) electrons. The number of carboxylic acid groups (broad SMARTS) is 1. The summed E-state index contributed by atoms with van der Waals surface area (Å²) in [4.78, 5) is 13.3. The number of hydrogen-bond acceptors (Lipinski definition) is 3. The van der Waals surface area contributed by atoms with Crippen LogP contribution in [0.2, 0.25) is 0 Å². The minimum absolute atomic E-state index is 0.360. The number of hydrogen-bond donors (Lipinski definition) is 1. The average molecular weight is 199 g/mol. The van der Waals surface area contributed by atoms with Crippen molar-refractivity contribution in [1.82, 2.24) is 4.90 Å². The molecular formula is C10H17NO3. The number of rotatable bonds is 3. The predicted octanol–water partition coefficient (Wildman–Crippen LogP) is 0.572. The molecule has 0 aromatic rings. The molecule has 1 atom stereocenters. The number of likely N-dealkylation sites (tertiary alicyclic amines) is 1. The van der Waals surface area contributed by atoms with Crippen molar-refractivity contribution in [3.8, 4) is 0 Å². The van der Waals surface area contributed by atoms with Gasteiger partial charge in [-0.2, -0.15) is 0 Å². The summed E-state index contributed by atoms with van der Waals surface area (Å²) in [6.45, 7) is 4.94. The third kappa shape index (κ3) is 1.33. The summed E-state index contributed by atoms with van der Waals surface area (Å²) >= 11 is 0. The number of aliphatic carboxylic acids is 1. The SMILES string of the molecule is CCC1CN(C2(C(=O)O)CCOC2)C1. The van der Waals surface area contributed by atoms with Gasteiger partial charge in [0.15, 0.2) is 0 Å². The van der Waals surface area contributed by atoms with Crippen LogP contribution in [0.25, 0.3) is 0 Å². The van der Waals surface area contributed by atoms with Crippen LogP contribution in [-0.2, 0) is 9.53 Å². The van der Waals surface area contributed by atoms with E-state index >= 15 is 0 Å².